The second kappa shape index (κ2) is 7.46. The van der Waals surface area contributed by atoms with Crippen LogP contribution in [0.5, 0.6) is 0 Å². The number of carbonyl (C=O) groups excluding carboxylic acids is 2. The summed E-state index contributed by atoms with van der Waals surface area (Å²) in [4.78, 5) is 30.6. The Labute approximate surface area is 147 Å². The number of carbonyl (C=O) groups is 2. The lowest BCUT2D eigenvalue weighted by Gasteiger charge is -2.32. The first-order valence-electron chi connectivity index (χ1n) is 8.51. The van der Waals surface area contributed by atoms with Gasteiger partial charge in [-0.05, 0) is 37.8 Å². The predicted octanol–water partition coefficient (Wildman–Crippen LogP) is 1.41. The van der Waals surface area contributed by atoms with Crippen LogP contribution in [0.25, 0.3) is 0 Å². The molecule has 0 aromatic carbocycles. The third kappa shape index (κ3) is 4.23. The van der Waals surface area contributed by atoms with Crippen LogP contribution in [-0.2, 0) is 7.05 Å². The Morgan fingerprint density at radius 1 is 1.28 bits per heavy atom. The minimum Gasteiger partial charge on any atom is -0.352 e. The SMILES string of the molecule is Cc1cc(C(=O)N2CCC(CNC(=O)c3cnn(C)c3)CC2)ccn1. The van der Waals surface area contributed by atoms with E-state index in [4.69, 9.17) is 0 Å². The molecule has 0 aliphatic carbocycles. The van der Waals surface area contributed by atoms with Crippen molar-refractivity contribution >= 4 is 11.8 Å². The average molecular weight is 341 g/mol. The fraction of sp³-hybridized carbons (Fsp3) is 0.444. The van der Waals surface area contributed by atoms with Crippen LogP contribution in [0.2, 0.25) is 0 Å². The van der Waals surface area contributed by atoms with Gasteiger partial charge in [0.05, 0.1) is 11.8 Å². The summed E-state index contributed by atoms with van der Waals surface area (Å²) in [6.45, 7) is 3.94. The highest BCUT2D eigenvalue weighted by Crippen LogP contribution is 2.18. The van der Waals surface area contributed by atoms with Crippen molar-refractivity contribution < 1.29 is 9.59 Å². The second-order valence-corrected chi connectivity index (χ2v) is 6.53. The molecule has 2 aromatic heterocycles. The normalized spacial score (nSPS) is 15.2. The number of nitrogens with zero attached hydrogens (tertiary/aromatic N) is 4. The largest absolute Gasteiger partial charge is 0.352 e. The first-order chi connectivity index (χ1) is 12.0. The van der Waals surface area contributed by atoms with Crippen molar-refractivity contribution in [1.82, 2.24) is 25.0 Å². The highest BCUT2D eigenvalue weighted by molar-refractivity contribution is 5.94. The molecule has 0 saturated carbocycles. The van der Waals surface area contributed by atoms with Crippen molar-refractivity contribution in [2.45, 2.75) is 19.8 Å². The third-order valence-electron chi connectivity index (χ3n) is 4.56. The van der Waals surface area contributed by atoms with Crippen molar-refractivity contribution in [2.24, 2.45) is 13.0 Å². The number of piperidine rings is 1. The summed E-state index contributed by atoms with van der Waals surface area (Å²) >= 11 is 0. The van der Waals surface area contributed by atoms with E-state index < -0.39 is 0 Å². The summed E-state index contributed by atoms with van der Waals surface area (Å²) in [5.41, 5.74) is 2.11. The maximum atomic E-state index is 12.5. The minimum absolute atomic E-state index is 0.0587. The van der Waals surface area contributed by atoms with Gasteiger partial charge in [0.25, 0.3) is 11.8 Å². The van der Waals surface area contributed by atoms with Crippen LogP contribution < -0.4 is 5.32 Å². The molecule has 2 amide bonds. The summed E-state index contributed by atoms with van der Waals surface area (Å²) in [6, 6.07) is 3.58. The van der Waals surface area contributed by atoms with Crippen LogP contribution in [0, 0.1) is 12.8 Å². The molecule has 0 unspecified atom stereocenters. The number of aromatic nitrogens is 3. The molecule has 1 N–H and O–H groups in total. The van der Waals surface area contributed by atoms with Crippen LogP contribution in [-0.4, -0.2) is 51.1 Å². The third-order valence-corrected chi connectivity index (χ3v) is 4.56. The highest BCUT2D eigenvalue weighted by atomic mass is 16.2. The number of hydrogen-bond donors (Lipinski definition) is 1. The topological polar surface area (TPSA) is 80.1 Å². The predicted molar refractivity (Wildman–Crippen MR) is 93.1 cm³/mol. The number of aryl methyl sites for hydroxylation is 2. The standard InChI is InChI=1S/C18H23N5O2/c1-13-9-15(3-6-19-13)18(25)23-7-4-14(5-8-23)10-20-17(24)16-11-21-22(2)12-16/h3,6,9,11-12,14H,4-5,7-8,10H2,1-2H3,(H,20,24). The maximum Gasteiger partial charge on any atom is 0.254 e. The van der Waals surface area contributed by atoms with Gasteiger partial charge in [0, 0.05) is 50.3 Å². The first-order valence-corrected chi connectivity index (χ1v) is 8.51. The van der Waals surface area contributed by atoms with Gasteiger partial charge in [-0.2, -0.15) is 5.10 Å². The van der Waals surface area contributed by atoms with Gasteiger partial charge in [-0.3, -0.25) is 19.3 Å². The summed E-state index contributed by atoms with van der Waals surface area (Å²) in [5.74, 6) is 0.353. The fourth-order valence-electron chi connectivity index (χ4n) is 3.08. The number of hydrogen-bond acceptors (Lipinski definition) is 4. The van der Waals surface area contributed by atoms with Gasteiger partial charge in [0.2, 0.25) is 0 Å². The van der Waals surface area contributed by atoms with Crippen LogP contribution in [0.4, 0.5) is 0 Å². The lowest BCUT2D eigenvalue weighted by Crippen LogP contribution is -2.41. The highest BCUT2D eigenvalue weighted by Gasteiger charge is 2.24. The summed E-state index contributed by atoms with van der Waals surface area (Å²) < 4.78 is 1.61. The maximum absolute atomic E-state index is 12.5. The number of nitrogens with one attached hydrogen (secondary N) is 1. The molecule has 3 heterocycles. The van der Waals surface area contributed by atoms with Crippen molar-refractivity contribution in [3.8, 4) is 0 Å². The van der Waals surface area contributed by atoms with Crippen molar-refractivity contribution in [3.05, 3.63) is 47.5 Å². The zero-order valence-corrected chi connectivity index (χ0v) is 14.6. The molecule has 0 radical (unpaired) electrons. The van der Waals surface area contributed by atoms with E-state index in [0.29, 0.717) is 36.7 Å². The van der Waals surface area contributed by atoms with Crippen LogP contribution in [0.15, 0.2) is 30.7 Å². The molecule has 0 atom stereocenters. The van der Waals surface area contributed by atoms with E-state index in [9.17, 15) is 9.59 Å². The van der Waals surface area contributed by atoms with E-state index >= 15 is 0 Å². The molecular formula is C18H23N5O2. The van der Waals surface area contributed by atoms with Crippen molar-refractivity contribution in [3.63, 3.8) is 0 Å². The smallest absolute Gasteiger partial charge is 0.254 e. The second-order valence-electron chi connectivity index (χ2n) is 6.53. The Balaban J connectivity index is 1.47. The van der Waals surface area contributed by atoms with Crippen LogP contribution >= 0.6 is 0 Å². The fourth-order valence-corrected chi connectivity index (χ4v) is 3.08. The van der Waals surface area contributed by atoms with Crippen molar-refractivity contribution in [1.29, 1.82) is 0 Å². The molecule has 0 spiro atoms. The number of likely N-dealkylation sites (tertiary alicyclic amines) is 1. The van der Waals surface area contributed by atoms with E-state index in [1.165, 1.54) is 0 Å². The Morgan fingerprint density at radius 2 is 2.04 bits per heavy atom. The van der Waals surface area contributed by atoms with E-state index in [1.54, 1.807) is 36.4 Å². The molecule has 1 saturated heterocycles. The lowest BCUT2D eigenvalue weighted by atomic mass is 9.96. The molecule has 3 rings (SSSR count). The molecule has 1 aliphatic heterocycles. The monoisotopic (exact) mass is 341 g/mol. The van der Waals surface area contributed by atoms with E-state index in [-0.39, 0.29) is 11.8 Å². The zero-order valence-electron chi connectivity index (χ0n) is 14.6. The number of pyridine rings is 1. The Kier molecular flexibility index (Phi) is 5.11. The van der Waals surface area contributed by atoms with Crippen molar-refractivity contribution in [2.75, 3.05) is 19.6 Å². The summed E-state index contributed by atoms with van der Waals surface area (Å²) in [7, 11) is 1.79. The van der Waals surface area contributed by atoms with Gasteiger partial charge < -0.3 is 10.2 Å². The Bertz CT molecular complexity index is 762. The average Bonchev–Trinajstić information content (AvgIpc) is 3.06. The van der Waals surface area contributed by atoms with Crippen LogP contribution in [0.3, 0.4) is 0 Å². The lowest BCUT2D eigenvalue weighted by molar-refractivity contribution is 0.0684. The molecule has 132 valence electrons. The first kappa shape index (κ1) is 17.1. The summed E-state index contributed by atoms with van der Waals surface area (Å²) in [5, 5.41) is 6.97. The van der Waals surface area contributed by atoms with Gasteiger partial charge in [0.1, 0.15) is 0 Å². The molecule has 7 heteroatoms. The molecule has 0 bridgehead atoms. The molecular weight excluding hydrogens is 318 g/mol. The van der Waals surface area contributed by atoms with E-state index in [2.05, 4.69) is 15.4 Å². The molecule has 1 aliphatic rings. The Hall–Kier alpha value is -2.70. The molecule has 7 nitrogen and oxygen atoms in total. The zero-order chi connectivity index (χ0) is 17.8. The molecule has 2 aromatic rings. The van der Waals surface area contributed by atoms with Gasteiger partial charge in [-0.1, -0.05) is 0 Å². The van der Waals surface area contributed by atoms with Crippen LogP contribution in [0.1, 0.15) is 39.3 Å². The van der Waals surface area contributed by atoms with Gasteiger partial charge >= 0.3 is 0 Å². The molecule has 1 fully saturated rings. The molecule has 25 heavy (non-hydrogen) atoms. The van der Waals surface area contributed by atoms with Gasteiger partial charge in [-0.25, -0.2) is 0 Å². The van der Waals surface area contributed by atoms with Gasteiger partial charge in [-0.15, -0.1) is 0 Å². The summed E-state index contributed by atoms with van der Waals surface area (Å²) in [6.07, 6.45) is 6.72. The van der Waals surface area contributed by atoms with E-state index in [0.717, 1.165) is 18.5 Å². The van der Waals surface area contributed by atoms with E-state index in [1.807, 2.05) is 17.9 Å². The Morgan fingerprint density at radius 3 is 2.68 bits per heavy atom. The quantitative estimate of drug-likeness (QED) is 0.912. The number of amides is 2. The van der Waals surface area contributed by atoms with Gasteiger partial charge in [0.15, 0.2) is 0 Å². The minimum atomic E-state index is -0.0983. The number of rotatable bonds is 4.